The normalized spacial score (nSPS) is 11.7. The number of hydrogen-bond donors (Lipinski definition) is 1. The number of anilines is 1. The first kappa shape index (κ1) is 19.1. The smallest absolute Gasteiger partial charge is 0.267 e. The van der Waals surface area contributed by atoms with E-state index < -0.39 is 0 Å². The highest BCUT2D eigenvalue weighted by Gasteiger charge is 2.19. The largest absolute Gasteiger partial charge is 0.297 e. The Labute approximate surface area is 177 Å². The highest BCUT2D eigenvalue weighted by atomic mass is 35.5. The van der Waals surface area contributed by atoms with Crippen LogP contribution in [0.5, 0.6) is 0 Å². The summed E-state index contributed by atoms with van der Waals surface area (Å²) in [4.78, 5) is 17.9. The van der Waals surface area contributed by atoms with E-state index in [1.165, 1.54) is 22.7 Å². The van der Waals surface area contributed by atoms with Gasteiger partial charge in [-0.1, -0.05) is 56.6 Å². The summed E-state index contributed by atoms with van der Waals surface area (Å²) >= 11 is 9.25. The number of aromatic nitrogens is 1. The second kappa shape index (κ2) is 7.32. The molecule has 1 amide bonds. The van der Waals surface area contributed by atoms with Gasteiger partial charge in [-0.15, -0.1) is 22.7 Å². The summed E-state index contributed by atoms with van der Waals surface area (Å²) in [6.45, 7) is 6.32. The Morgan fingerprint density at radius 2 is 1.89 bits per heavy atom. The van der Waals surface area contributed by atoms with Gasteiger partial charge in [0.05, 0.1) is 10.6 Å². The lowest BCUT2D eigenvalue weighted by molar-refractivity contribution is 0.103. The molecular weight excluding hydrogens is 408 g/mol. The molecule has 0 aliphatic rings. The number of halogens is 1. The van der Waals surface area contributed by atoms with E-state index in [1.54, 1.807) is 0 Å². The summed E-state index contributed by atoms with van der Waals surface area (Å²) in [5.41, 5.74) is 2.97. The number of rotatable bonds is 3. The second-order valence-electron chi connectivity index (χ2n) is 7.59. The molecule has 0 saturated heterocycles. The second-order valence-corrected chi connectivity index (χ2v) is 9.93. The van der Waals surface area contributed by atoms with Crippen molar-refractivity contribution in [1.29, 1.82) is 0 Å². The van der Waals surface area contributed by atoms with Crippen LogP contribution in [-0.2, 0) is 5.41 Å². The van der Waals surface area contributed by atoms with Crippen LogP contribution in [0.15, 0.2) is 53.9 Å². The zero-order valence-electron chi connectivity index (χ0n) is 15.7. The minimum absolute atomic E-state index is 0.0355. The molecule has 4 rings (SSSR count). The van der Waals surface area contributed by atoms with Gasteiger partial charge < -0.3 is 0 Å². The van der Waals surface area contributed by atoms with Gasteiger partial charge in [0.2, 0.25) is 0 Å². The van der Waals surface area contributed by atoms with Crippen LogP contribution in [0.25, 0.3) is 21.2 Å². The first-order chi connectivity index (χ1) is 13.3. The third kappa shape index (κ3) is 3.83. The van der Waals surface area contributed by atoms with Crippen molar-refractivity contribution in [1.82, 2.24) is 4.98 Å². The molecule has 0 atom stereocenters. The topological polar surface area (TPSA) is 42.0 Å². The van der Waals surface area contributed by atoms with Gasteiger partial charge in [0.15, 0.2) is 5.13 Å². The number of nitrogens with one attached hydrogen (secondary N) is 1. The lowest BCUT2D eigenvalue weighted by Crippen LogP contribution is -2.13. The summed E-state index contributed by atoms with van der Waals surface area (Å²) in [5, 5.41) is 7.30. The van der Waals surface area contributed by atoms with Crippen LogP contribution in [0, 0.1) is 0 Å². The van der Waals surface area contributed by atoms with Crippen molar-refractivity contribution in [2.75, 3.05) is 5.32 Å². The van der Waals surface area contributed by atoms with Crippen LogP contribution in [-0.4, -0.2) is 10.9 Å². The molecule has 1 N–H and O–H groups in total. The molecule has 0 aliphatic heterocycles. The van der Waals surface area contributed by atoms with Crippen molar-refractivity contribution in [3.8, 4) is 11.1 Å². The third-order valence-corrected chi connectivity index (χ3v) is 6.62. The van der Waals surface area contributed by atoms with Gasteiger partial charge in [0.1, 0.15) is 0 Å². The van der Waals surface area contributed by atoms with Gasteiger partial charge in [0, 0.05) is 26.1 Å². The Hall–Kier alpha value is -2.21. The van der Waals surface area contributed by atoms with Crippen LogP contribution in [0.3, 0.4) is 0 Å². The number of benzene rings is 2. The van der Waals surface area contributed by atoms with Gasteiger partial charge in [-0.25, -0.2) is 4.98 Å². The Morgan fingerprint density at radius 1 is 1.11 bits per heavy atom. The predicted molar refractivity (Wildman–Crippen MR) is 121 cm³/mol. The molecular formula is C22H19ClN2OS2. The van der Waals surface area contributed by atoms with Crippen molar-refractivity contribution in [3.63, 3.8) is 0 Å². The molecule has 0 unspecified atom stereocenters. The molecule has 0 bridgehead atoms. The highest BCUT2D eigenvalue weighted by molar-refractivity contribution is 7.21. The molecule has 28 heavy (non-hydrogen) atoms. The van der Waals surface area contributed by atoms with Gasteiger partial charge in [-0.2, -0.15) is 0 Å². The van der Waals surface area contributed by atoms with Crippen LogP contribution >= 0.6 is 34.3 Å². The average molecular weight is 427 g/mol. The number of thiophene rings is 1. The van der Waals surface area contributed by atoms with E-state index in [9.17, 15) is 4.79 Å². The first-order valence-electron chi connectivity index (χ1n) is 8.87. The fourth-order valence-electron chi connectivity index (χ4n) is 2.85. The molecule has 2 heterocycles. The van der Waals surface area contributed by atoms with E-state index in [-0.39, 0.29) is 11.3 Å². The standard InChI is InChI=1S/C22H19ClN2OS2/c1-22(2,3)19-12-27-21(24-19)25-20(26)18-11-14-10-13(8-9-17(14)28-18)15-6-4-5-7-16(15)23/h4-12H,1-3H3,(H,24,25,26). The molecule has 2 aromatic carbocycles. The predicted octanol–water partition coefficient (Wildman–Crippen LogP) is 7.23. The number of nitrogens with zero attached hydrogens (tertiary/aromatic N) is 1. The summed E-state index contributed by atoms with van der Waals surface area (Å²) < 4.78 is 1.07. The molecule has 6 heteroatoms. The fourth-order valence-corrected chi connectivity index (χ4v) is 4.97. The van der Waals surface area contributed by atoms with E-state index in [2.05, 4.69) is 37.1 Å². The number of fused-ring (bicyclic) bond motifs is 1. The highest BCUT2D eigenvalue weighted by Crippen LogP contribution is 2.34. The zero-order chi connectivity index (χ0) is 19.9. The summed E-state index contributed by atoms with van der Waals surface area (Å²) in [5.74, 6) is -0.129. The molecule has 0 spiro atoms. The van der Waals surface area contributed by atoms with E-state index in [0.29, 0.717) is 15.0 Å². The maximum Gasteiger partial charge on any atom is 0.267 e. The molecule has 142 valence electrons. The monoisotopic (exact) mass is 426 g/mol. The number of carbonyl (C=O) groups is 1. The first-order valence-corrected chi connectivity index (χ1v) is 10.9. The Kier molecular flexibility index (Phi) is 5.00. The van der Waals surface area contributed by atoms with E-state index in [0.717, 1.165) is 26.9 Å². The maximum absolute atomic E-state index is 12.7. The van der Waals surface area contributed by atoms with Crippen molar-refractivity contribution >= 4 is 55.4 Å². The molecule has 3 nitrogen and oxygen atoms in total. The van der Waals surface area contributed by atoms with Crippen molar-refractivity contribution < 1.29 is 4.79 Å². The Morgan fingerprint density at radius 3 is 2.61 bits per heavy atom. The van der Waals surface area contributed by atoms with Gasteiger partial charge in [-0.05, 0) is 35.2 Å². The summed E-state index contributed by atoms with van der Waals surface area (Å²) in [6.07, 6.45) is 0. The summed E-state index contributed by atoms with van der Waals surface area (Å²) in [7, 11) is 0. The molecule has 0 saturated carbocycles. The Bertz CT molecular complexity index is 1170. The van der Waals surface area contributed by atoms with Crippen LogP contribution in [0.2, 0.25) is 5.02 Å². The van der Waals surface area contributed by atoms with E-state index in [1.807, 2.05) is 47.8 Å². The van der Waals surface area contributed by atoms with E-state index in [4.69, 9.17) is 11.6 Å². The van der Waals surface area contributed by atoms with Gasteiger partial charge >= 0.3 is 0 Å². The van der Waals surface area contributed by atoms with Crippen LogP contribution in [0.1, 0.15) is 36.1 Å². The van der Waals surface area contributed by atoms with Crippen LogP contribution < -0.4 is 5.32 Å². The van der Waals surface area contributed by atoms with Crippen molar-refractivity contribution in [2.45, 2.75) is 26.2 Å². The number of thiazole rings is 1. The molecule has 0 fully saturated rings. The SMILES string of the molecule is CC(C)(C)c1csc(NC(=O)c2cc3cc(-c4ccccc4Cl)ccc3s2)n1. The van der Waals surface area contributed by atoms with Crippen LogP contribution in [0.4, 0.5) is 5.13 Å². The maximum atomic E-state index is 12.7. The lowest BCUT2D eigenvalue weighted by Gasteiger charge is -2.14. The minimum atomic E-state index is -0.129. The molecule has 2 aromatic heterocycles. The number of hydrogen-bond acceptors (Lipinski definition) is 4. The average Bonchev–Trinajstić information content (AvgIpc) is 3.28. The summed E-state index contributed by atoms with van der Waals surface area (Å²) in [6, 6.07) is 15.8. The third-order valence-electron chi connectivity index (χ3n) is 4.42. The van der Waals surface area contributed by atoms with Crippen molar-refractivity contribution in [3.05, 3.63) is 69.5 Å². The molecule has 0 radical (unpaired) electrons. The number of amides is 1. The molecule has 4 aromatic rings. The minimum Gasteiger partial charge on any atom is -0.297 e. The molecule has 0 aliphatic carbocycles. The zero-order valence-corrected chi connectivity index (χ0v) is 18.1. The Balaban J connectivity index is 1.60. The van der Waals surface area contributed by atoms with Gasteiger partial charge in [0.25, 0.3) is 5.91 Å². The van der Waals surface area contributed by atoms with E-state index >= 15 is 0 Å². The van der Waals surface area contributed by atoms with Crippen molar-refractivity contribution in [2.24, 2.45) is 0 Å². The number of carbonyl (C=O) groups excluding carboxylic acids is 1. The lowest BCUT2D eigenvalue weighted by atomic mass is 9.93. The quantitative estimate of drug-likeness (QED) is 0.375. The fraction of sp³-hybridized carbons (Fsp3) is 0.182. The van der Waals surface area contributed by atoms with Gasteiger partial charge in [-0.3, -0.25) is 10.1 Å².